The van der Waals surface area contributed by atoms with Gasteiger partial charge in [0.1, 0.15) is 0 Å². The summed E-state index contributed by atoms with van der Waals surface area (Å²) < 4.78 is 0. The van der Waals surface area contributed by atoms with Gasteiger partial charge in [-0.3, -0.25) is 9.59 Å². The molecule has 2 aliphatic heterocycles. The van der Waals surface area contributed by atoms with Gasteiger partial charge in [0, 0.05) is 31.9 Å². The molecule has 1 aromatic rings. The predicted octanol–water partition coefficient (Wildman–Crippen LogP) is 1.99. The van der Waals surface area contributed by atoms with E-state index in [4.69, 9.17) is 0 Å². The first-order chi connectivity index (χ1) is 11.7. The predicted molar refractivity (Wildman–Crippen MR) is 100 cm³/mol. The van der Waals surface area contributed by atoms with Crippen molar-refractivity contribution in [2.45, 2.75) is 38.1 Å². The Bertz CT molecular complexity index is 647. The molecule has 6 heteroatoms. The van der Waals surface area contributed by atoms with Crippen LogP contribution in [-0.4, -0.2) is 48.9 Å². The smallest absolute Gasteiger partial charge is 0.240 e. The van der Waals surface area contributed by atoms with E-state index < -0.39 is 0 Å². The van der Waals surface area contributed by atoms with E-state index in [9.17, 15) is 9.59 Å². The molecule has 3 aliphatic rings. The second kappa shape index (κ2) is 7.75. The maximum absolute atomic E-state index is 12.7. The number of fused-ring (bicyclic) bond motifs is 1. The fraction of sp³-hybridized carbons (Fsp3) is 0.579. The van der Waals surface area contributed by atoms with Gasteiger partial charge in [-0.15, -0.1) is 12.4 Å². The van der Waals surface area contributed by atoms with Crippen LogP contribution in [0, 0.1) is 5.92 Å². The summed E-state index contributed by atoms with van der Waals surface area (Å²) in [7, 11) is 0. The summed E-state index contributed by atoms with van der Waals surface area (Å²) in [4.78, 5) is 29.2. The van der Waals surface area contributed by atoms with Crippen LogP contribution >= 0.6 is 12.4 Å². The highest BCUT2D eigenvalue weighted by Crippen LogP contribution is 2.29. The number of hydrogen-bond donors (Lipinski definition) is 1. The maximum Gasteiger partial charge on any atom is 0.240 e. The SMILES string of the molecule is Cl.O=C1C(CC(=O)N2CCc3ccccc32)NCCN1CC1CCC1. The first kappa shape index (κ1) is 18.2. The van der Waals surface area contributed by atoms with E-state index in [-0.39, 0.29) is 36.7 Å². The lowest BCUT2D eigenvalue weighted by atomic mass is 9.85. The van der Waals surface area contributed by atoms with Crippen molar-refractivity contribution in [1.29, 1.82) is 0 Å². The molecule has 4 rings (SSSR count). The highest BCUT2D eigenvalue weighted by atomic mass is 35.5. The van der Waals surface area contributed by atoms with Gasteiger partial charge in [-0.1, -0.05) is 24.6 Å². The molecule has 2 heterocycles. The number of benzene rings is 1. The number of halogens is 1. The molecule has 5 nitrogen and oxygen atoms in total. The molecule has 1 saturated heterocycles. The third-order valence-electron chi connectivity index (χ3n) is 5.65. The van der Waals surface area contributed by atoms with Crippen molar-refractivity contribution in [3.63, 3.8) is 0 Å². The molecular weight excluding hydrogens is 338 g/mol. The van der Waals surface area contributed by atoms with Crippen molar-refractivity contribution in [3.05, 3.63) is 29.8 Å². The second-order valence-electron chi connectivity index (χ2n) is 7.22. The summed E-state index contributed by atoms with van der Waals surface area (Å²) in [5, 5.41) is 3.25. The average Bonchev–Trinajstić information content (AvgIpc) is 2.98. The van der Waals surface area contributed by atoms with Gasteiger partial charge < -0.3 is 15.1 Å². The van der Waals surface area contributed by atoms with Crippen LogP contribution in [0.15, 0.2) is 24.3 Å². The lowest BCUT2D eigenvalue weighted by Gasteiger charge is -2.38. The number of carbonyl (C=O) groups is 2. The summed E-state index contributed by atoms with van der Waals surface area (Å²) in [6.45, 7) is 3.15. The van der Waals surface area contributed by atoms with Crippen molar-refractivity contribution in [1.82, 2.24) is 10.2 Å². The molecule has 2 fully saturated rings. The minimum atomic E-state index is -0.362. The van der Waals surface area contributed by atoms with Gasteiger partial charge in [-0.2, -0.15) is 0 Å². The molecule has 25 heavy (non-hydrogen) atoms. The summed E-state index contributed by atoms with van der Waals surface area (Å²) in [5.74, 6) is 0.833. The summed E-state index contributed by atoms with van der Waals surface area (Å²) in [6.07, 6.45) is 4.94. The number of anilines is 1. The van der Waals surface area contributed by atoms with Gasteiger partial charge in [0.15, 0.2) is 0 Å². The molecule has 1 saturated carbocycles. The average molecular weight is 364 g/mol. The topological polar surface area (TPSA) is 52.7 Å². The number of rotatable bonds is 4. The van der Waals surface area contributed by atoms with Crippen LogP contribution in [0.3, 0.4) is 0 Å². The minimum absolute atomic E-state index is 0. The lowest BCUT2D eigenvalue weighted by molar-refractivity contribution is -0.138. The van der Waals surface area contributed by atoms with Gasteiger partial charge in [0.05, 0.1) is 12.5 Å². The summed E-state index contributed by atoms with van der Waals surface area (Å²) in [5.41, 5.74) is 2.23. The molecule has 136 valence electrons. The zero-order valence-corrected chi connectivity index (χ0v) is 15.3. The molecule has 1 aliphatic carbocycles. The second-order valence-corrected chi connectivity index (χ2v) is 7.22. The normalized spacial score (nSPS) is 23.0. The fourth-order valence-corrected chi connectivity index (χ4v) is 4.00. The minimum Gasteiger partial charge on any atom is -0.340 e. The molecule has 1 atom stereocenters. The van der Waals surface area contributed by atoms with E-state index >= 15 is 0 Å². The zero-order valence-electron chi connectivity index (χ0n) is 14.4. The van der Waals surface area contributed by atoms with E-state index in [0.29, 0.717) is 5.92 Å². The zero-order chi connectivity index (χ0) is 16.5. The monoisotopic (exact) mass is 363 g/mol. The molecule has 0 aromatic heterocycles. The molecule has 0 spiro atoms. The van der Waals surface area contributed by atoms with Crippen LogP contribution in [0.4, 0.5) is 5.69 Å². The van der Waals surface area contributed by atoms with E-state index in [1.54, 1.807) is 0 Å². The summed E-state index contributed by atoms with van der Waals surface area (Å²) >= 11 is 0. The highest BCUT2D eigenvalue weighted by Gasteiger charge is 2.34. The molecule has 1 aromatic carbocycles. The number of nitrogens with one attached hydrogen (secondary N) is 1. The van der Waals surface area contributed by atoms with E-state index in [0.717, 1.165) is 38.3 Å². The van der Waals surface area contributed by atoms with Crippen molar-refractivity contribution in [2.24, 2.45) is 5.92 Å². The number of carbonyl (C=O) groups excluding carboxylic acids is 2. The molecule has 0 radical (unpaired) electrons. The van der Waals surface area contributed by atoms with Crippen molar-refractivity contribution >= 4 is 29.9 Å². The Morgan fingerprint density at radius 3 is 2.76 bits per heavy atom. The lowest BCUT2D eigenvalue weighted by Crippen LogP contribution is -2.57. The largest absolute Gasteiger partial charge is 0.340 e. The van der Waals surface area contributed by atoms with Crippen LogP contribution < -0.4 is 10.2 Å². The van der Waals surface area contributed by atoms with Gasteiger partial charge >= 0.3 is 0 Å². The number of para-hydroxylation sites is 1. The molecule has 2 amide bonds. The Balaban J connectivity index is 0.00000182. The van der Waals surface area contributed by atoms with Crippen LogP contribution in [0.5, 0.6) is 0 Å². The molecule has 0 bridgehead atoms. The van der Waals surface area contributed by atoms with Crippen LogP contribution in [0.1, 0.15) is 31.2 Å². The first-order valence-electron chi connectivity index (χ1n) is 9.13. The number of piperazine rings is 1. The Morgan fingerprint density at radius 1 is 1.20 bits per heavy atom. The van der Waals surface area contributed by atoms with Crippen LogP contribution in [0.2, 0.25) is 0 Å². The Kier molecular flexibility index (Phi) is 5.64. The Morgan fingerprint density at radius 2 is 2.00 bits per heavy atom. The number of amides is 2. The third-order valence-corrected chi connectivity index (χ3v) is 5.65. The van der Waals surface area contributed by atoms with Gasteiger partial charge in [0.2, 0.25) is 11.8 Å². The van der Waals surface area contributed by atoms with Gasteiger partial charge in [0.25, 0.3) is 0 Å². The first-order valence-corrected chi connectivity index (χ1v) is 9.13. The third kappa shape index (κ3) is 3.67. The van der Waals surface area contributed by atoms with E-state index in [1.807, 2.05) is 28.0 Å². The van der Waals surface area contributed by atoms with Crippen molar-refractivity contribution in [3.8, 4) is 0 Å². The molecule has 1 N–H and O–H groups in total. The van der Waals surface area contributed by atoms with E-state index in [2.05, 4.69) is 11.4 Å². The number of hydrogen-bond acceptors (Lipinski definition) is 3. The van der Waals surface area contributed by atoms with Crippen LogP contribution in [-0.2, 0) is 16.0 Å². The highest BCUT2D eigenvalue weighted by molar-refractivity contribution is 5.98. The van der Waals surface area contributed by atoms with Crippen molar-refractivity contribution in [2.75, 3.05) is 31.1 Å². The quantitative estimate of drug-likeness (QED) is 0.890. The standard InChI is InChI=1S/C19H25N3O2.ClH/c23-18(22-10-8-15-6-1-2-7-17(15)22)12-16-19(24)21(11-9-20-16)13-14-4-3-5-14;/h1-2,6-7,14,16,20H,3-5,8-13H2;1H. The summed E-state index contributed by atoms with van der Waals surface area (Å²) in [6, 6.07) is 7.69. The Labute approximate surface area is 155 Å². The number of nitrogens with zero attached hydrogens (tertiary/aromatic N) is 2. The fourth-order valence-electron chi connectivity index (χ4n) is 4.00. The van der Waals surface area contributed by atoms with Gasteiger partial charge in [-0.25, -0.2) is 0 Å². The van der Waals surface area contributed by atoms with Gasteiger partial charge in [-0.05, 0) is 36.8 Å². The molecule has 1 unspecified atom stereocenters. The molecular formula is C19H26ClN3O2. The van der Waals surface area contributed by atoms with Crippen LogP contribution in [0.25, 0.3) is 0 Å². The van der Waals surface area contributed by atoms with E-state index in [1.165, 1.54) is 24.8 Å². The van der Waals surface area contributed by atoms with Crippen molar-refractivity contribution < 1.29 is 9.59 Å². The maximum atomic E-state index is 12.7. The Hall–Kier alpha value is -1.59.